The van der Waals surface area contributed by atoms with Crippen molar-refractivity contribution in [3.8, 4) is 0 Å². The molecule has 12 nitrogen and oxygen atoms in total. The summed E-state index contributed by atoms with van der Waals surface area (Å²) in [4.78, 5) is 55.9. The Balaban J connectivity index is 3.14. The van der Waals surface area contributed by atoms with Crippen molar-refractivity contribution in [3.63, 3.8) is 0 Å². The molecular weight excluding hydrogens is 472 g/mol. The minimum absolute atomic E-state index is 0.0914. The highest BCUT2D eigenvalue weighted by atomic mass is 16.6. The Labute approximate surface area is 214 Å². The molecule has 1 heterocycles. The number of hydrogen-bond acceptors (Lipinski definition) is 11. The highest BCUT2D eigenvalue weighted by Gasteiger charge is 2.30. The molecule has 1 rings (SSSR count). The molecule has 1 fully saturated rings. The molecule has 1 aliphatic heterocycles. The van der Waals surface area contributed by atoms with E-state index in [4.69, 9.17) is 14.2 Å². The molecule has 1 saturated heterocycles. The second-order valence-corrected chi connectivity index (χ2v) is 12.0. The molecule has 36 heavy (non-hydrogen) atoms. The first-order valence-electron chi connectivity index (χ1n) is 12.0. The highest BCUT2D eigenvalue weighted by Crippen LogP contribution is 2.14. The lowest BCUT2D eigenvalue weighted by Crippen LogP contribution is -2.58. The van der Waals surface area contributed by atoms with Gasteiger partial charge in [0.1, 0.15) is 16.8 Å². The number of rotatable bonds is 8. The number of nitrogens with zero attached hydrogens (tertiary/aromatic N) is 4. The maximum atomic E-state index is 12.6. The first-order valence-corrected chi connectivity index (χ1v) is 12.0. The van der Waals surface area contributed by atoms with E-state index >= 15 is 0 Å². The van der Waals surface area contributed by atoms with Gasteiger partial charge in [-0.3, -0.25) is 38.8 Å². The average molecular weight is 517 g/mol. The van der Waals surface area contributed by atoms with Crippen molar-refractivity contribution in [3.05, 3.63) is 0 Å². The van der Waals surface area contributed by atoms with Crippen LogP contribution in [0.4, 0.5) is 0 Å². The summed E-state index contributed by atoms with van der Waals surface area (Å²) < 4.78 is 16.3. The van der Waals surface area contributed by atoms with Gasteiger partial charge in [-0.05, 0) is 62.3 Å². The van der Waals surface area contributed by atoms with Crippen LogP contribution < -0.4 is 0 Å². The van der Waals surface area contributed by atoms with E-state index in [0.29, 0.717) is 0 Å². The molecule has 0 spiro atoms. The maximum absolute atomic E-state index is 12.6. The normalized spacial score (nSPS) is 17.7. The third-order valence-corrected chi connectivity index (χ3v) is 4.28. The van der Waals surface area contributed by atoms with Crippen molar-refractivity contribution in [2.45, 2.75) is 79.1 Å². The molecule has 1 aliphatic rings. The number of carboxylic acids is 1. The first-order chi connectivity index (χ1) is 16.2. The van der Waals surface area contributed by atoms with Crippen LogP contribution in [0.5, 0.6) is 0 Å². The topological polar surface area (TPSA) is 129 Å². The summed E-state index contributed by atoms with van der Waals surface area (Å²) in [5.74, 6) is -2.45. The van der Waals surface area contributed by atoms with Gasteiger partial charge in [-0.15, -0.1) is 0 Å². The molecule has 0 aliphatic carbocycles. The monoisotopic (exact) mass is 516 g/mol. The SMILES string of the molecule is CC(C)(C)OC(=O)CN1CN(CC(=O)O)CN(CC(=O)OC(C)(C)C)CN(CC(=O)OC(C)(C)C)C1. The zero-order valence-electron chi connectivity index (χ0n) is 23.3. The zero-order chi connectivity index (χ0) is 27.9. The fourth-order valence-electron chi connectivity index (χ4n) is 3.57. The number of carbonyl (C=O) groups is 4. The zero-order valence-corrected chi connectivity index (χ0v) is 23.3. The molecule has 0 amide bonds. The van der Waals surface area contributed by atoms with Crippen LogP contribution in [0, 0.1) is 0 Å². The lowest BCUT2D eigenvalue weighted by Gasteiger charge is -2.41. The number of aliphatic carboxylic acids is 1. The van der Waals surface area contributed by atoms with E-state index in [1.165, 1.54) is 0 Å². The summed E-state index contributed by atoms with van der Waals surface area (Å²) in [5.41, 5.74) is -2.04. The van der Waals surface area contributed by atoms with Gasteiger partial charge in [0.05, 0.1) is 52.9 Å². The largest absolute Gasteiger partial charge is 0.480 e. The molecule has 0 aromatic rings. The maximum Gasteiger partial charge on any atom is 0.320 e. The van der Waals surface area contributed by atoms with Crippen molar-refractivity contribution >= 4 is 23.9 Å². The van der Waals surface area contributed by atoms with Crippen LogP contribution in [0.3, 0.4) is 0 Å². The van der Waals surface area contributed by atoms with Gasteiger partial charge in [0.15, 0.2) is 0 Å². The Morgan fingerprint density at radius 1 is 0.528 bits per heavy atom. The van der Waals surface area contributed by atoms with Crippen LogP contribution in [0.15, 0.2) is 0 Å². The van der Waals surface area contributed by atoms with E-state index in [0.717, 1.165) is 0 Å². The van der Waals surface area contributed by atoms with Crippen LogP contribution in [-0.4, -0.2) is 118 Å². The van der Waals surface area contributed by atoms with Crippen LogP contribution >= 0.6 is 0 Å². The Hall–Kier alpha value is -2.28. The van der Waals surface area contributed by atoms with Gasteiger partial charge < -0.3 is 19.3 Å². The number of esters is 3. The van der Waals surface area contributed by atoms with Gasteiger partial charge >= 0.3 is 23.9 Å². The smallest absolute Gasteiger partial charge is 0.320 e. The number of ether oxygens (including phenoxy) is 3. The van der Waals surface area contributed by atoms with E-state index < -0.39 is 40.7 Å². The van der Waals surface area contributed by atoms with E-state index in [9.17, 15) is 24.3 Å². The Kier molecular flexibility index (Phi) is 11.3. The highest BCUT2D eigenvalue weighted by molar-refractivity contribution is 5.73. The molecule has 208 valence electrons. The van der Waals surface area contributed by atoms with Crippen molar-refractivity contribution in [1.29, 1.82) is 0 Å². The van der Waals surface area contributed by atoms with Crippen LogP contribution in [-0.2, 0) is 33.4 Å². The van der Waals surface area contributed by atoms with E-state index in [2.05, 4.69) is 0 Å². The molecule has 0 unspecified atom stereocenters. The second kappa shape index (κ2) is 12.8. The number of hydrogen-bond donors (Lipinski definition) is 1. The lowest BCUT2D eigenvalue weighted by atomic mass is 10.2. The standard InChI is InChI=1S/C24H44N4O8/c1-22(2,3)34-19(31)11-26-14-25(10-18(29)30)15-27(12-20(32)35-23(4,5)6)17-28(16-26)13-21(33)36-24(7,8)9/h10-17H2,1-9H3,(H,29,30). The summed E-state index contributed by atoms with van der Waals surface area (Å²) in [6.45, 7) is 15.7. The fraction of sp³-hybridized carbons (Fsp3) is 0.833. The van der Waals surface area contributed by atoms with Gasteiger partial charge in [-0.2, -0.15) is 0 Å². The minimum Gasteiger partial charge on any atom is -0.480 e. The predicted molar refractivity (Wildman–Crippen MR) is 131 cm³/mol. The molecule has 0 aromatic heterocycles. The first kappa shape index (κ1) is 31.7. The second-order valence-electron chi connectivity index (χ2n) is 12.0. The van der Waals surface area contributed by atoms with Crippen LogP contribution in [0.25, 0.3) is 0 Å². The minimum atomic E-state index is -1.05. The molecular formula is C24H44N4O8. The van der Waals surface area contributed by atoms with Gasteiger partial charge in [0.2, 0.25) is 0 Å². The van der Waals surface area contributed by atoms with E-state index in [-0.39, 0.29) is 52.9 Å². The Morgan fingerprint density at radius 2 is 0.750 bits per heavy atom. The molecule has 0 bridgehead atoms. The van der Waals surface area contributed by atoms with Gasteiger partial charge in [-0.1, -0.05) is 0 Å². The van der Waals surface area contributed by atoms with Crippen molar-refractivity contribution in [2.75, 3.05) is 52.9 Å². The summed E-state index contributed by atoms with van der Waals surface area (Å²) >= 11 is 0. The van der Waals surface area contributed by atoms with E-state index in [1.807, 2.05) is 0 Å². The molecule has 12 heteroatoms. The molecule has 1 N–H and O–H groups in total. The van der Waals surface area contributed by atoms with Crippen LogP contribution in [0.2, 0.25) is 0 Å². The average Bonchev–Trinajstić information content (AvgIpc) is 2.53. The fourth-order valence-corrected chi connectivity index (χ4v) is 3.57. The quantitative estimate of drug-likeness (QED) is 0.367. The Morgan fingerprint density at radius 3 is 0.944 bits per heavy atom. The summed E-state index contributed by atoms with van der Waals surface area (Å²) in [6, 6.07) is 0. The van der Waals surface area contributed by atoms with Crippen molar-refractivity contribution in [2.24, 2.45) is 0 Å². The van der Waals surface area contributed by atoms with E-state index in [1.54, 1.807) is 81.9 Å². The van der Waals surface area contributed by atoms with Gasteiger partial charge in [-0.25, -0.2) is 0 Å². The van der Waals surface area contributed by atoms with Crippen molar-refractivity contribution in [1.82, 2.24) is 19.6 Å². The Bertz CT molecular complexity index is 740. The summed E-state index contributed by atoms with van der Waals surface area (Å²) in [6.07, 6.45) is 0. The number of carbonyl (C=O) groups excluding carboxylic acids is 3. The third kappa shape index (κ3) is 15.0. The number of carboxylic acid groups (broad SMARTS) is 1. The van der Waals surface area contributed by atoms with Gasteiger partial charge in [0.25, 0.3) is 0 Å². The predicted octanol–water partition coefficient (Wildman–Crippen LogP) is 1.15. The molecule has 0 atom stereocenters. The third-order valence-electron chi connectivity index (χ3n) is 4.28. The molecule has 0 aromatic carbocycles. The lowest BCUT2D eigenvalue weighted by molar-refractivity contribution is -0.162. The summed E-state index contributed by atoms with van der Waals surface area (Å²) in [7, 11) is 0. The molecule has 0 radical (unpaired) electrons. The summed E-state index contributed by atoms with van der Waals surface area (Å²) in [5, 5.41) is 9.42. The van der Waals surface area contributed by atoms with Crippen molar-refractivity contribution < 1.29 is 38.5 Å². The van der Waals surface area contributed by atoms with Crippen LogP contribution in [0.1, 0.15) is 62.3 Å². The molecule has 0 saturated carbocycles. The van der Waals surface area contributed by atoms with Gasteiger partial charge in [0, 0.05) is 0 Å².